The number of hydrogen-bond acceptors (Lipinski definition) is 1. The van der Waals surface area contributed by atoms with Crippen molar-refractivity contribution in [2.24, 2.45) is 9.98 Å². The Bertz CT molecular complexity index is 2940. The van der Waals surface area contributed by atoms with Gasteiger partial charge in [-0.15, -0.1) is 0 Å². The summed E-state index contributed by atoms with van der Waals surface area (Å²) in [4.78, 5) is 10.6. The lowest BCUT2D eigenvalue weighted by atomic mass is 9.89. The van der Waals surface area contributed by atoms with E-state index in [-0.39, 0.29) is 0 Å². The monoisotopic (exact) mass is 717 g/mol. The third-order valence-corrected chi connectivity index (χ3v) is 11.1. The molecule has 0 bridgehead atoms. The highest BCUT2D eigenvalue weighted by Gasteiger charge is 2.28. The highest BCUT2D eigenvalue weighted by molar-refractivity contribution is 6.15. The first-order valence-corrected chi connectivity index (χ1v) is 19.3. The van der Waals surface area contributed by atoms with E-state index >= 15 is 0 Å². The standard InChI is InChI=1S/C53H39N3/c1-36(38-19-8-3-9-20-38)55-53(54-35-37-17-6-2-7-18-37)45-27-16-23-41-32-47-46(33-42(34-49(47)52(41)45)39-21-10-4-11-22-39)40-29-30-51-48(31-40)44-26-14-15-28-50(44)56(51)43-24-12-5-13-25-43/h2-31,33-34H,32,35H2,1H3. The normalized spacial score (nSPS) is 12.6. The van der Waals surface area contributed by atoms with E-state index in [0.717, 1.165) is 40.3 Å². The third-order valence-electron chi connectivity index (χ3n) is 11.1. The van der Waals surface area contributed by atoms with Crippen LogP contribution in [0.5, 0.6) is 0 Å². The van der Waals surface area contributed by atoms with Crippen molar-refractivity contribution in [2.45, 2.75) is 19.9 Å². The second-order valence-electron chi connectivity index (χ2n) is 14.5. The Morgan fingerprint density at radius 3 is 1.98 bits per heavy atom. The van der Waals surface area contributed by atoms with Crippen LogP contribution in [0.3, 0.4) is 0 Å². The van der Waals surface area contributed by atoms with E-state index in [1.807, 2.05) is 12.1 Å². The molecule has 1 aliphatic carbocycles. The van der Waals surface area contributed by atoms with E-state index in [9.17, 15) is 0 Å². The number of hydrogen-bond donors (Lipinski definition) is 0. The Labute approximate surface area is 327 Å². The summed E-state index contributed by atoms with van der Waals surface area (Å²) in [6.07, 6.45) is 0.833. The van der Waals surface area contributed by atoms with Crippen molar-refractivity contribution in [3.05, 3.63) is 222 Å². The van der Waals surface area contributed by atoms with Gasteiger partial charge in [-0.3, -0.25) is 4.99 Å². The minimum Gasteiger partial charge on any atom is -0.309 e. The zero-order valence-corrected chi connectivity index (χ0v) is 31.2. The lowest BCUT2D eigenvalue weighted by Gasteiger charge is -2.15. The minimum atomic E-state index is 0.546. The summed E-state index contributed by atoms with van der Waals surface area (Å²) in [6.45, 7) is 2.63. The lowest BCUT2D eigenvalue weighted by molar-refractivity contribution is 1.06. The highest BCUT2D eigenvalue weighted by Crippen LogP contribution is 2.47. The van der Waals surface area contributed by atoms with Crippen LogP contribution in [0.4, 0.5) is 0 Å². The number of amidine groups is 1. The molecule has 0 radical (unpaired) electrons. The van der Waals surface area contributed by atoms with Crippen molar-refractivity contribution in [1.29, 1.82) is 0 Å². The van der Waals surface area contributed by atoms with Gasteiger partial charge in [-0.05, 0) is 111 Å². The molecule has 1 heterocycles. The van der Waals surface area contributed by atoms with Gasteiger partial charge in [0.25, 0.3) is 0 Å². The molecule has 0 amide bonds. The van der Waals surface area contributed by atoms with E-state index in [1.54, 1.807) is 0 Å². The molecular weight excluding hydrogens is 679 g/mol. The van der Waals surface area contributed by atoms with Crippen LogP contribution in [-0.4, -0.2) is 16.1 Å². The highest BCUT2D eigenvalue weighted by atomic mass is 15.0. The quantitative estimate of drug-likeness (QED) is 0.116. The molecule has 0 unspecified atom stereocenters. The molecule has 0 aliphatic heterocycles. The van der Waals surface area contributed by atoms with Crippen molar-refractivity contribution in [2.75, 3.05) is 0 Å². The number of benzene rings is 8. The van der Waals surface area contributed by atoms with Gasteiger partial charge in [0, 0.05) is 27.7 Å². The van der Waals surface area contributed by atoms with Crippen LogP contribution in [0, 0.1) is 0 Å². The zero-order chi connectivity index (χ0) is 37.4. The maximum Gasteiger partial charge on any atom is 0.155 e. The maximum absolute atomic E-state index is 5.30. The molecule has 1 aliphatic rings. The largest absolute Gasteiger partial charge is 0.309 e. The molecular formula is C53H39N3. The Morgan fingerprint density at radius 2 is 1.20 bits per heavy atom. The maximum atomic E-state index is 5.30. The number of rotatable bonds is 7. The second-order valence-corrected chi connectivity index (χ2v) is 14.5. The summed E-state index contributed by atoms with van der Waals surface area (Å²) in [5.74, 6) is 0.752. The van der Waals surface area contributed by atoms with Crippen molar-refractivity contribution in [3.8, 4) is 39.1 Å². The first-order valence-electron chi connectivity index (χ1n) is 19.3. The van der Waals surface area contributed by atoms with Crippen molar-refractivity contribution in [1.82, 2.24) is 4.57 Å². The van der Waals surface area contributed by atoms with E-state index in [2.05, 4.69) is 193 Å². The first-order chi connectivity index (χ1) is 27.7. The minimum absolute atomic E-state index is 0.546. The number of aliphatic imine (C=N–C) groups is 2. The zero-order valence-electron chi connectivity index (χ0n) is 31.2. The van der Waals surface area contributed by atoms with Gasteiger partial charge in [-0.25, -0.2) is 4.99 Å². The van der Waals surface area contributed by atoms with Crippen molar-refractivity contribution in [3.63, 3.8) is 0 Å². The van der Waals surface area contributed by atoms with Gasteiger partial charge in [0.2, 0.25) is 0 Å². The van der Waals surface area contributed by atoms with Gasteiger partial charge >= 0.3 is 0 Å². The summed E-state index contributed by atoms with van der Waals surface area (Å²) in [6, 6.07) is 69.6. The van der Waals surface area contributed by atoms with Crippen LogP contribution in [-0.2, 0) is 13.0 Å². The first kappa shape index (κ1) is 33.5. The van der Waals surface area contributed by atoms with Crippen molar-refractivity contribution < 1.29 is 0 Å². The average Bonchev–Trinajstić information content (AvgIpc) is 3.82. The molecule has 0 N–H and O–H groups in total. The number of nitrogens with zero attached hydrogens (tertiary/aromatic N) is 3. The molecule has 3 nitrogen and oxygen atoms in total. The Balaban J connectivity index is 1.18. The smallest absolute Gasteiger partial charge is 0.155 e. The fourth-order valence-electron chi connectivity index (χ4n) is 8.41. The predicted molar refractivity (Wildman–Crippen MR) is 235 cm³/mol. The summed E-state index contributed by atoms with van der Waals surface area (Å²) < 4.78 is 2.38. The molecule has 9 aromatic rings. The SMILES string of the molecule is CC(=NC(=NCc1ccccc1)c1cccc2c1-c1cc(-c3ccccc3)cc(-c3ccc4c(c3)c3ccccc3n4-c3ccccc3)c1C2)c1ccccc1. The number of aromatic nitrogens is 1. The molecule has 56 heavy (non-hydrogen) atoms. The van der Waals surface area contributed by atoms with Gasteiger partial charge in [-0.2, -0.15) is 0 Å². The molecule has 3 heteroatoms. The Kier molecular flexibility index (Phi) is 8.53. The van der Waals surface area contributed by atoms with Gasteiger partial charge in [0.1, 0.15) is 0 Å². The summed E-state index contributed by atoms with van der Waals surface area (Å²) in [7, 11) is 0. The fourth-order valence-corrected chi connectivity index (χ4v) is 8.41. The lowest BCUT2D eigenvalue weighted by Crippen LogP contribution is -2.06. The van der Waals surface area contributed by atoms with Gasteiger partial charge in [-0.1, -0.05) is 152 Å². The summed E-state index contributed by atoms with van der Waals surface area (Å²) in [5.41, 5.74) is 17.8. The predicted octanol–water partition coefficient (Wildman–Crippen LogP) is 13.1. The molecule has 10 rings (SSSR count). The molecule has 0 saturated heterocycles. The molecule has 0 spiro atoms. The molecule has 0 atom stereocenters. The fraction of sp³-hybridized carbons (Fsp3) is 0.0566. The number of para-hydroxylation sites is 2. The van der Waals surface area contributed by atoms with E-state index < -0.39 is 0 Å². The Morgan fingerprint density at radius 1 is 0.536 bits per heavy atom. The van der Waals surface area contributed by atoms with E-state index in [0.29, 0.717) is 6.54 Å². The molecule has 8 aromatic carbocycles. The molecule has 0 fully saturated rings. The number of fused-ring (bicyclic) bond motifs is 6. The van der Waals surface area contributed by atoms with Crippen LogP contribution < -0.4 is 0 Å². The molecule has 0 saturated carbocycles. The summed E-state index contributed by atoms with van der Waals surface area (Å²) in [5, 5.41) is 2.50. The third kappa shape index (κ3) is 6.04. The van der Waals surface area contributed by atoms with Crippen molar-refractivity contribution >= 4 is 33.4 Å². The second kappa shape index (κ2) is 14.3. The van der Waals surface area contributed by atoms with Gasteiger partial charge in [0.15, 0.2) is 5.84 Å². The Hall–Kier alpha value is -7.10. The van der Waals surface area contributed by atoms with Crippen LogP contribution >= 0.6 is 0 Å². The van der Waals surface area contributed by atoms with E-state index in [4.69, 9.17) is 9.98 Å². The van der Waals surface area contributed by atoms with Gasteiger partial charge < -0.3 is 4.57 Å². The molecule has 266 valence electrons. The van der Waals surface area contributed by atoms with Gasteiger partial charge in [0.05, 0.1) is 17.6 Å². The topological polar surface area (TPSA) is 29.6 Å². The van der Waals surface area contributed by atoms with Crippen LogP contribution in [0.1, 0.15) is 34.7 Å². The van der Waals surface area contributed by atoms with Crippen LogP contribution in [0.2, 0.25) is 0 Å². The van der Waals surface area contributed by atoms with Crippen LogP contribution in [0.25, 0.3) is 60.9 Å². The van der Waals surface area contributed by atoms with Crippen LogP contribution in [0.15, 0.2) is 204 Å². The molecule has 1 aromatic heterocycles. The average molecular weight is 718 g/mol. The summed E-state index contributed by atoms with van der Waals surface area (Å²) >= 11 is 0. The van der Waals surface area contributed by atoms with E-state index in [1.165, 1.54) is 66.3 Å².